The molecule has 1 N–H and O–H groups in total. The Labute approximate surface area is 209 Å². The van der Waals surface area contributed by atoms with E-state index in [4.69, 9.17) is 19.4 Å². The van der Waals surface area contributed by atoms with Crippen molar-refractivity contribution in [2.75, 3.05) is 43.6 Å². The lowest BCUT2D eigenvalue weighted by atomic mass is 9.85. The number of aryl methyl sites for hydroxylation is 1. The molecule has 0 radical (unpaired) electrons. The third-order valence-corrected chi connectivity index (χ3v) is 7.60. The van der Waals surface area contributed by atoms with E-state index in [9.17, 15) is 0 Å². The van der Waals surface area contributed by atoms with Crippen LogP contribution in [0.2, 0.25) is 0 Å². The number of hydrogen-bond acceptors (Lipinski definition) is 8. The van der Waals surface area contributed by atoms with Crippen LogP contribution in [0.15, 0.2) is 42.9 Å². The van der Waals surface area contributed by atoms with Crippen LogP contribution in [0.1, 0.15) is 30.9 Å². The van der Waals surface area contributed by atoms with Gasteiger partial charge in [-0.3, -0.25) is 4.68 Å². The highest BCUT2D eigenvalue weighted by atomic mass is 16.5. The summed E-state index contributed by atoms with van der Waals surface area (Å²) >= 11 is 0. The second-order valence-corrected chi connectivity index (χ2v) is 10.4. The van der Waals surface area contributed by atoms with Gasteiger partial charge in [0.2, 0.25) is 5.95 Å². The van der Waals surface area contributed by atoms with Gasteiger partial charge in [0.25, 0.3) is 0 Å². The molecule has 3 fully saturated rings. The van der Waals surface area contributed by atoms with Gasteiger partial charge < -0.3 is 19.7 Å². The third-order valence-electron chi connectivity index (χ3n) is 7.60. The number of anilines is 3. The molecule has 2 saturated heterocycles. The van der Waals surface area contributed by atoms with Crippen molar-refractivity contribution in [3.8, 4) is 16.9 Å². The number of hydrogen-bond donors (Lipinski definition) is 1. The first-order valence-electron chi connectivity index (χ1n) is 12.5. The Morgan fingerprint density at radius 2 is 2.00 bits per heavy atom. The first-order valence-corrected chi connectivity index (χ1v) is 12.5. The van der Waals surface area contributed by atoms with Crippen LogP contribution >= 0.6 is 0 Å². The van der Waals surface area contributed by atoms with E-state index < -0.39 is 0 Å². The SMILES string of the molecule is COc1cc(-c2cnn(C)c2)ccc1Nc1ncc2cc(C3CC3)nc(N3CCC4(COC4)C3)c2n1. The number of nitrogens with one attached hydrogen (secondary N) is 1. The Balaban J connectivity index is 1.23. The van der Waals surface area contributed by atoms with Gasteiger partial charge in [-0.15, -0.1) is 0 Å². The van der Waals surface area contributed by atoms with Crippen LogP contribution in [0.5, 0.6) is 5.75 Å². The molecule has 1 aromatic carbocycles. The van der Waals surface area contributed by atoms with E-state index in [0.29, 0.717) is 17.6 Å². The molecule has 184 valence electrons. The maximum absolute atomic E-state index is 5.69. The highest BCUT2D eigenvalue weighted by Crippen LogP contribution is 2.44. The molecule has 9 nitrogen and oxygen atoms in total. The molecule has 2 aliphatic heterocycles. The summed E-state index contributed by atoms with van der Waals surface area (Å²) in [5.41, 5.74) is 5.21. The Kier molecular flexibility index (Phi) is 4.89. The van der Waals surface area contributed by atoms with Crippen molar-refractivity contribution < 1.29 is 9.47 Å². The van der Waals surface area contributed by atoms with E-state index in [1.807, 2.05) is 43.8 Å². The minimum Gasteiger partial charge on any atom is -0.495 e. The summed E-state index contributed by atoms with van der Waals surface area (Å²) in [6, 6.07) is 8.20. The molecule has 7 rings (SSSR count). The molecular formula is C27H29N7O2. The molecule has 1 saturated carbocycles. The number of nitrogens with zero attached hydrogens (tertiary/aromatic N) is 6. The quantitative estimate of drug-likeness (QED) is 0.435. The standard InChI is InChI=1S/C27H29N7O2/c1-33-13-20(12-29-33)18-5-6-21(23(10-18)35-2)31-26-28-11-19-9-22(17-3-4-17)30-25(24(19)32-26)34-8-7-27(14-34)15-36-16-27/h5-6,9-13,17H,3-4,7-8,14-16H2,1-2H3,(H,28,31,32). The van der Waals surface area contributed by atoms with Gasteiger partial charge in [-0.25, -0.2) is 15.0 Å². The van der Waals surface area contributed by atoms with E-state index in [1.54, 1.807) is 11.8 Å². The number of fused-ring (bicyclic) bond motifs is 1. The van der Waals surface area contributed by atoms with Gasteiger partial charge in [-0.05, 0) is 43.0 Å². The number of methoxy groups -OCH3 is 1. The Bertz CT molecular complexity index is 1460. The second-order valence-electron chi connectivity index (χ2n) is 10.4. The molecule has 36 heavy (non-hydrogen) atoms. The smallest absolute Gasteiger partial charge is 0.227 e. The summed E-state index contributed by atoms with van der Waals surface area (Å²) < 4.78 is 13.0. The molecule has 0 amide bonds. The summed E-state index contributed by atoms with van der Waals surface area (Å²) in [7, 11) is 3.58. The van der Waals surface area contributed by atoms with Crippen molar-refractivity contribution in [1.29, 1.82) is 0 Å². The second kappa shape index (κ2) is 8.16. The summed E-state index contributed by atoms with van der Waals surface area (Å²) in [4.78, 5) is 17.1. The van der Waals surface area contributed by atoms with E-state index >= 15 is 0 Å². The van der Waals surface area contributed by atoms with E-state index in [0.717, 1.165) is 66.3 Å². The molecule has 0 atom stereocenters. The van der Waals surface area contributed by atoms with Gasteiger partial charge in [0, 0.05) is 60.5 Å². The predicted octanol–water partition coefficient (Wildman–Crippen LogP) is 4.28. The number of pyridine rings is 1. The van der Waals surface area contributed by atoms with Gasteiger partial charge in [-0.2, -0.15) is 5.10 Å². The van der Waals surface area contributed by atoms with Crippen LogP contribution in [0.4, 0.5) is 17.5 Å². The molecular weight excluding hydrogens is 454 g/mol. The van der Waals surface area contributed by atoms with Gasteiger partial charge in [0.1, 0.15) is 11.3 Å². The highest BCUT2D eigenvalue weighted by molar-refractivity contribution is 5.90. The number of aromatic nitrogens is 5. The Hall–Kier alpha value is -3.72. The lowest BCUT2D eigenvalue weighted by molar-refractivity contribution is -0.0985. The minimum atomic E-state index is 0.279. The minimum absolute atomic E-state index is 0.279. The fourth-order valence-corrected chi connectivity index (χ4v) is 5.32. The zero-order chi connectivity index (χ0) is 24.3. The lowest BCUT2D eigenvalue weighted by Gasteiger charge is -2.37. The van der Waals surface area contributed by atoms with Crippen LogP contribution in [0.3, 0.4) is 0 Å². The summed E-state index contributed by atoms with van der Waals surface area (Å²) in [6.45, 7) is 3.65. The van der Waals surface area contributed by atoms with Crippen molar-refractivity contribution in [2.24, 2.45) is 12.5 Å². The molecule has 4 aromatic rings. The number of rotatable bonds is 6. The predicted molar refractivity (Wildman–Crippen MR) is 138 cm³/mol. The van der Waals surface area contributed by atoms with Crippen LogP contribution < -0.4 is 15.0 Å². The van der Waals surface area contributed by atoms with Crippen molar-refractivity contribution in [1.82, 2.24) is 24.7 Å². The number of benzene rings is 1. The zero-order valence-corrected chi connectivity index (χ0v) is 20.6. The van der Waals surface area contributed by atoms with Gasteiger partial charge in [0.15, 0.2) is 5.82 Å². The van der Waals surface area contributed by atoms with Crippen LogP contribution in [-0.4, -0.2) is 58.1 Å². The first kappa shape index (κ1) is 21.6. The van der Waals surface area contributed by atoms with Crippen LogP contribution in [-0.2, 0) is 11.8 Å². The fourth-order valence-electron chi connectivity index (χ4n) is 5.32. The van der Waals surface area contributed by atoms with E-state index in [1.165, 1.54) is 18.5 Å². The fraction of sp³-hybridized carbons (Fsp3) is 0.407. The monoisotopic (exact) mass is 483 g/mol. The van der Waals surface area contributed by atoms with Crippen LogP contribution in [0, 0.1) is 5.41 Å². The summed E-state index contributed by atoms with van der Waals surface area (Å²) in [6.07, 6.45) is 9.31. The average molecular weight is 484 g/mol. The molecule has 1 aliphatic carbocycles. The Morgan fingerprint density at radius 3 is 2.69 bits per heavy atom. The molecule has 9 heteroatoms. The average Bonchev–Trinajstić information content (AvgIpc) is 3.47. The largest absolute Gasteiger partial charge is 0.495 e. The zero-order valence-electron chi connectivity index (χ0n) is 20.6. The van der Waals surface area contributed by atoms with Crippen molar-refractivity contribution >= 4 is 28.4 Å². The summed E-state index contributed by atoms with van der Waals surface area (Å²) in [5, 5.41) is 8.68. The summed E-state index contributed by atoms with van der Waals surface area (Å²) in [5.74, 6) is 2.78. The highest BCUT2D eigenvalue weighted by Gasteiger charge is 2.45. The Morgan fingerprint density at radius 1 is 1.11 bits per heavy atom. The first-order chi connectivity index (χ1) is 17.6. The molecule has 1 spiro atoms. The molecule has 0 unspecified atom stereocenters. The van der Waals surface area contributed by atoms with Crippen molar-refractivity contribution in [2.45, 2.75) is 25.2 Å². The maximum Gasteiger partial charge on any atom is 0.227 e. The topological polar surface area (TPSA) is 90.2 Å². The normalized spacial score (nSPS) is 18.6. The van der Waals surface area contributed by atoms with E-state index in [2.05, 4.69) is 26.4 Å². The molecule has 3 aliphatic rings. The number of ether oxygens (including phenoxy) is 2. The van der Waals surface area contributed by atoms with Gasteiger partial charge in [-0.1, -0.05) is 6.07 Å². The van der Waals surface area contributed by atoms with E-state index in [-0.39, 0.29) is 5.41 Å². The lowest BCUT2D eigenvalue weighted by Crippen LogP contribution is -2.44. The van der Waals surface area contributed by atoms with Crippen molar-refractivity contribution in [3.63, 3.8) is 0 Å². The van der Waals surface area contributed by atoms with Gasteiger partial charge in [0.05, 0.1) is 32.2 Å². The molecule has 5 heterocycles. The molecule has 3 aromatic heterocycles. The van der Waals surface area contributed by atoms with Gasteiger partial charge >= 0.3 is 0 Å². The maximum atomic E-state index is 5.69. The van der Waals surface area contributed by atoms with Crippen LogP contribution in [0.25, 0.3) is 22.0 Å². The molecule has 0 bridgehead atoms. The third kappa shape index (κ3) is 3.74. The van der Waals surface area contributed by atoms with Crippen molar-refractivity contribution in [3.05, 3.63) is 48.5 Å².